The van der Waals surface area contributed by atoms with Crippen LogP contribution >= 0.6 is 0 Å². The summed E-state index contributed by atoms with van der Waals surface area (Å²) in [5.74, 6) is 2.46. The Morgan fingerprint density at radius 3 is 2.51 bits per heavy atom. The molecule has 10 heteroatoms. The first kappa shape index (κ1) is 21.8. The molecule has 174 valence electrons. The summed E-state index contributed by atoms with van der Waals surface area (Å²) in [4.78, 5) is 15.2. The van der Waals surface area contributed by atoms with Crippen molar-refractivity contribution in [2.24, 2.45) is 0 Å². The van der Waals surface area contributed by atoms with Crippen molar-refractivity contribution in [1.82, 2.24) is 24.5 Å². The van der Waals surface area contributed by atoms with Gasteiger partial charge in [0.2, 0.25) is 5.82 Å². The van der Waals surface area contributed by atoms with Gasteiger partial charge in [-0.15, -0.1) is 5.10 Å². The van der Waals surface area contributed by atoms with Gasteiger partial charge in [-0.05, 0) is 59.5 Å². The van der Waals surface area contributed by atoms with Crippen LogP contribution in [0.1, 0.15) is 11.6 Å². The van der Waals surface area contributed by atoms with Crippen molar-refractivity contribution in [3.05, 3.63) is 107 Å². The summed E-state index contributed by atoms with van der Waals surface area (Å²) in [7, 11) is 0. The van der Waals surface area contributed by atoms with Gasteiger partial charge in [-0.25, -0.2) is 14.2 Å². The average molecular weight is 468 g/mol. The maximum atomic E-state index is 11.5. The van der Waals surface area contributed by atoms with Crippen molar-refractivity contribution >= 4 is 18.0 Å². The minimum Gasteiger partial charge on any atom is -0.465 e. The van der Waals surface area contributed by atoms with E-state index in [0.717, 1.165) is 17.1 Å². The van der Waals surface area contributed by atoms with E-state index in [0.29, 0.717) is 30.4 Å². The lowest BCUT2D eigenvalue weighted by molar-refractivity contribution is -0.392. The molecular weight excluding hydrogens is 448 g/mol. The summed E-state index contributed by atoms with van der Waals surface area (Å²) < 4.78 is 14.3. The number of hydrogen-bond donors (Lipinski definition) is 0. The van der Waals surface area contributed by atoms with Crippen LogP contribution in [0.4, 0.5) is 5.82 Å². The number of nitrogens with zero attached hydrogens (tertiary/aromatic N) is 6. The zero-order valence-corrected chi connectivity index (χ0v) is 18.5. The van der Waals surface area contributed by atoms with Crippen LogP contribution < -0.4 is 4.74 Å². The van der Waals surface area contributed by atoms with E-state index >= 15 is 0 Å². The molecule has 0 saturated heterocycles. The van der Waals surface area contributed by atoms with Gasteiger partial charge in [0.25, 0.3) is 0 Å². The average Bonchev–Trinajstić information content (AvgIpc) is 3.64. The van der Waals surface area contributed by atoms with Crippen molar-refractivity contribution in [1.29, 1.82) is 0 Å². The normalized spacial score (nSPS) is 11.2. The number of rotatable bonds is 9. The molecule has 0 atom stereocenters. The second-order valence-corrected chi connectivity index (χ2v) is 7.54. The maximum Gasteiger partial charge on any atom is 0.343 e. The van der Waals surface area contributed by atoms with Gasteiger partial charge in [-0.2, -0.15) is 0 Å². The summed E-state index contributed by atoms with van der Waals surface area (Å²) in [5, 5.41) is 19.9. The minimum absolute atomic E-state index is 0.0987. The third kappa shape index (κ3) is 5.17. The van der Waals surface area contributed by atoms with Gasteiger partial charge < -0.3 is 19.3 Å². The van der Waals surface area contributed by atoms with Gasteiger partial charge in [-0.1, -0.05) is 23.4 Å². The summed E-state index contributed by atoms with van der Waals surface area (Å²) >= 11 is 0. The van der Waals surface area contributed by atoms with E-state index in [4.69, 9.17) is 9.15 Å². The summed E-state index contributed by atoms with van der Waals surface area (Å²) in [5.41, 5.74) is 1.57. The van der Waals surface area contributed by atoms with Crippen molar-refractivity contribution in [2.75, 3.05) is 0 Å². The van der Waals surface area contributed by atoms with Crippen LogP contribution in [0.5, 0.6) is 11.5 Å². The number of para-hydroxylation sites is 1. The number of hydrogen-bond acceptors (Lipinski definition) is 7. The van der Waals surface area contributed by atoms with Crippen LogP contribution in [0.15, 0.2) is 89.8 Å². The van der Waals surface area contributed by atoms with Gasteiger partial charge in [0.15, 0.2) is 0 Å². The van der Waals surface area contributed by atoms with Gasteiger partial charge >= 0.3 is 5.82 Å². The molecule has 0 aliphatic heterocycles. The lowest BCUT2D eigenvalue weighted by Crippen LogP contribution is -2.11. The second kappa shape index (κ2) is 9.87. The van der Waals surface area contributed by atoms with Gasteiger partial charge in [0.05, 0.1) is 19.0 Å². The second-order valence-electron chi connectivity index (χ2n) is 7.54. The van der Waals surface area contributed by atoms with E-state index in [1.165, 1.54) is 10.8 Å². The third-order valence-corrected chi connectivity index (χ3v) is 5.21. The molecule has 0 amide bonds. The van der Waals surface area contributed by atoms with Gasteiger partial charge in [-0.3, -0.25) is 0 Å². The molecule has 0 spiro atoms. The SMILES string of the molecule is O=[N+]([O-])c1cnc(/C=C/c2ccco2)n1CCn1cc(-c2ccc(Oc3ccccc3)cc2)nn1. The predicted molar refractivity (Wildman–Crippen MR) is 128 cm³/mol. The Hall–Kier alpha value is -4.99. The molecule has 5 aromatic rings. The number of aromatic nitrogens is 5. The number of benzene rings is 2. The van der Waals surface area contributed by atoms with Crippen molar-refractivity contribution in [3.8, 4) is 22.8 Å². The van der Waals surface area contributed by atoms with Crippen LogP contribution in [0.2, 0.25) is 0 Å². The van der Waals surface area contributed by atoms with Crippen molar-refractivity contribution in [2.45, 2.75) is 13.1 Å². The Bertz CT molecular complexity index is 1440. The molecule has 0 radical (unpaired) electrons. The van der Waals surface area contributed by atoms with Gasteiger partial charge in [0, 0.05) is 11.6 Å². The molecule has 3 aromatic heterocycles. The Morgan fingerprint density at radius 2 is 1.77 bits per heavy atom. The molecule has 0 saturated carbocycles. The molecular formula is C25H20N6O4. The van der Waals surface area contributed by atoms with Gasteiger partial charge in [0.1, 0.15) is 35.7 Å². The Morgan fingerprint density at radius 1 is 0.971 bits per heavy atom. The third-order valence-electron chi connectivity index (χ3n) is 5.21. The van der Waals surface area contributed by atoms with Crippen LogP contribution in [0, 0.1) is 10.1 Å². The molecule has 35 heavy (non-hydrogen) atoms. The van der Waals surface area contributed by atoms with E-state index in [1.807, 2.05) is 54.6 Å². The van der Waals surface area contributed by atoms with Crippen LogP contribution in [0.25, 0.3) is 23.4 Å². The number of aryl methyl sites for hydroxylation is 1. The quantitative estimate of drug-likeness (QED) is 0.213. The predicted octanol–water partition coefficient (Wildman–Crippen LogP) is 5.31. The first-order valence-corrected chi connectivity index (χ1v) is 10.8. The van der Waals surface area contributed by atoms with E-state index in [1.54, 1.807) is 41.4 Å². The lowest BCUT2D eigenvalue weighted by atomic mass is 10.1. The Kier molecular flexibility index (Phi) is 6.16. The van der Waals surface area contributed by atoms with E-state index < -0.39 is 4.92 Å². The molecule has 3 heterocycles. The lowest BCUT2D eigenvalue weighted by Gasteiger charge is -2.05. The number of furan rings is 1. The van der Waals surface area contributed by atoms with E-state index in [9.17, 15) is 10.1 Å². The van der Waals surface area contributed by atoms with Crippen LogP contribution in [-0.2, 0) is 13.1 Å². The van der Waals surface area contributed by atoms with E-state index in [2.05, 4.69) is 15.3 Å². The number of imidazole rings is 1. The summed E-state index contributed by atoms with van der Waals surface area (Å²) in [6.45, 7) is 0.668. The van der Waals surface area contributed by atoms with Crippen LogP contribution in [0.3, 0.4) is 0 Å². The molecule has 0 fully saturated rings. The molecule has 0 bridgehead atoms. The number of nitro groups is 1. The first-order valence-electron chi connectivity index (χ1n) is 10.8. The topological polar surface area (TPSA) is 114 Å². The summed E-state index contributed by atoms with van der Waals surface area (Å²) in [6, 6.07) is 20.7. The highest BCUT2D eigenvalue weighted by Gasteiger charge is 2.19. The smallest absolute Gasteiger partial charge is 0.343 e. The van der Waals surface area contributed by atoms with Crippen LogP contribution in [-0.4, -0.2) is 29.5 Å². The summed E-state index contributed by atoms with van der Waals surface area (Å²) in [6.07, 6.45) is 7.99. The Balaban J connectivity index is 1.27. The molecule has 0 N–H and O–H groups in total. The van der Waals surface area contributed by atoms with Crippen molar-refractivity contribution in [3.63, 3.8) is 0 Å². The molecule has 0 aliphatic carbocycles. The zero-order valence-electron chi connectivity index (χ0n) is 18.5. The first-order chi connectivity index (χ1) is 17.2. The minimum atomic E-state index is -0.455. The highest BCUT2D eigenvalue weighted by molar-refractivity contribution is 5.64. The van der Waals surface area contributed by atoms with Crippen molar-refractivity contribution < 1.29 is 14.1 Å². The molecule has 0 unspecified atom stereocenters. The standard InChI is InChI=1S/C25H20N6O4/c32-31(33)25-17-26-24(13-12-20-7-4-16-34-20)30(25)15-14-29-18-23(27-28-29)19-8-10-22(11-9-19)35-21-5-2-1-3-6-21/h1-13,16-18H,14-15H2/b13-12+. The molecule has 5 rings (SSSR count). The molecule has 2 aromatic carbocycles. The highest BCUT2D eigenvalue weighted by Crippen LogP contribution is 2.25. The molecule has 10 nitrogen and oxygen atoms in total. The van der Waals surface area contributed by atoms with E-state index in [-0.39, 0.29) is 5.82 Å². The fourth-order valence-corrected chi connectivity index (χ4v) is 3.49. The zero-order chi connectivity index (χ0) is 24.0. The fraction of sp³-hybridized carbons (Fsp3) is 0.0800. The number of ether oxygens (including phenoxy) is 1. The maximum absolute atomic E-state index is 11.5. The molecule has 0 aliphatic rings. The fourth-order valence-electron chi connectivity index (χ4n) is 3.49. The highest BCUT2D eigenvalue weighted by atomic mass is 16.6. The largest absolute Gasteiger partial charge is 0.465 e. The monoisotopic (exact) mass is 468 g/mol. The Labute approximate surface area is 199 Å².